The minimum absolute atomic E-state index is 0.0445. The normalized spacial score (nSPS) is 11.1. The number of aromatic amines is 1. The van der Waals surface area contributed by atoms with Gasteiger partial charge < -0.3 is 24.9 Å². The summed E-state index contributed by atoms with van der Waals surface area (Å²) < 4.78 is 17.3. The number of amides is 1. The van der Waals surface area contributed by atoms with Gasteiger partial charge in [-0.15, -0.1) is 0 Å². The van der Waals surface area contributed by atoms with Gasteiger partial charge in [0, 0.05) is 18.1 Å². The van der Waals surface area contributed by atoms with Gasteiger partial charge in [-0.05, 0) is 0 Å². The van der Waals surface area contributed by atoms with Gasteiger partial charge in [0.1, 0.15) is 11.3 Å². The highest BCUT2D eigenvalue weighted by Crippen LogP contribution is 2.39. The molecule has 0 unspecified atom stereocenters. The molecule has 0 fully saturated rings. The number of rotatable bonds is 6. The van der Waals surface area contributed by atoms with E-state index in [1.54, 1.807) is 12.1 Å². The molecule has 10 heteroatoms. The summed E-state index contributed by atoms with van der Waals surface area (Å²) in [4.78, 5) is 35.9. The number of imidazole rings is 1. The molecule has 0 aliphatic carbocycles. The number of aromatic nitrogens is 4. The SMILES string of the molecule is COc1cc(-n2c(=O)[nH]c3c(C(N)=O)nc(C(C)C)nc32)cc(OC)c1OC. The number of carbonyl (C=O) groups is 1. The second kappa shape index (κ2) is 7.22. The lowest BCUT2D eigenvalue weighted by Gasteiger charge is -2.14. The number of fused-ring (bicyclic) bond motifs is 1. The summed E-state index contributed by atoms with van der Waals surface area (Å²) in [7, 11) is 4.44. The van der Waals surface area contributed by atoms with Crippen molar-refractivity contribution >= 4 is 17.1 Å². The number of benzene rings is 1. The first-order valence-electron chi connectivity index (χ1n) is 8.45. The smallest absolute Gasteiger partial charge is 0.332 e. The molecule has 1 amide bonds. The summed E-state index contributed by atoms with van der Waals surface area (Å²) in [5, 5.41) is 0. The largest absolute Gasteiger partial charge is 0.493 e. The molecule has 148 valence electrons. The molecule has 3 N–H and O–H groups in total. The van der Waals surface area contributed by atoms with Crippen LogP contribution in [-0.2, 0) is 0 Å². The molecule has 0 aliphatic rings. The first kappa shape index (κ1) is 19.2. The molecule has 3 aromatic rings. The van der Waals surface area contributed by atoms with Crippen molar-refractivity contribution < 1.29 is 19.0 Å². The zero-order chi connectivity index (χ0) is 20.6. The molecular weight excluding hydrogens is 366 g/mol. The van der Waals surface area contributed by atoms with Crippen molar-refractivity contribution in [2.45, 2.75) is 19.8 Å². The van der Waals surface area contributed by atoms with Crippen molar-refractivity contribution in [3.8, 4) is 22.9 Å². The number of carbonyl (C=O) groups excluding carboxylic acids is 1. The lowest BCUT2D eigenvalue weighted by atomic mass is 10.2. The monoisotopic (exact) mass is 387 g/mol. The van der Waals surface area contributed by atoms with Gasteiger partial charge in [0.05, 0.1) is 27.0 Å². The molecule has 0 atom stereocenters. The van der Waals surface area contributed by atoms with Gasteiger partial charge in [0.15, 0.2) is 22.8 Å². The summed E-state index contributed by atoms with van der Waals surface area (Å²) in [6.07, 6.45) is 0. The van der Waals surface area contributed by atoms with Gasteiger partial charge >= 0.3 is 5.69 Å². The number of hydrogen-bond donors (Lipinski definition) is 2. The van der Waals surface area contributed by atoms with E-state index in [4.69, 9.17) is 19.9 Å². The molecule has 0 radical (unpaired) electrons. The Kier molecular flexibility index (Phi) is 4.95. The van der Waals surface area contributed by atoms with Crippen LogP contribution in [0.3, 0.4) is 0 Å². The summed E-state index contributed by atoms with van der Waals surface area (Å²) in [5.41, 5.74) is 5.71. The predicted octanol–water partition coefficient (Wildman–Crippen LogP) is 1.36. The van der Waals surface area contributed by atoms with Crippen LogP contribution in [0.25, 0.3) is 16.9 Å². The minimum Gasteiger partial charge on any atom is -0.493 e. The quantitative estimate of drug-likeness (QED) is 0.652. The Hall–Kier alpha value is -3.56. The van der Waals surface area contributed by atoms with Crippen molar-refractivity contribution in [1.29, 1.82) is 0 Å². The van der Waals surface area contributed by atoms with Gasteiger partial charge in [0.2, 0.25) is 5.75 Å². The van der Waals surface area contributed by atoms with Crippen molar-refractivity contribution in [2.24, 2.45) is 5.73 Å². The van der Waals surface area contributed by atoms with Crippen LogP contribution in [0.4, 0.5) is 0 Å². The van der Waals surface area contributed by atoms with Crippen LogP contribution in [0, 0.1) is 0 Å². The molecule has 0 bridgehead atoms. The van der Waals surface area contributed by atoms with Crippen molar-refractivity contribution in [3.05, 3.63) is 34.1 Å². The second-order valence-electron chi connectivity index (χ2n) is 6.30. The van der Waals surface area contributed by atoms with E-state index in [-0.39, 0.29) is 22.8 Å². The highest BCUT2D eigenvalue weighted by atomic mass is 16.5. The maximum absolute atomic E-state index is 12.7. The number of nitrogens with zero attached hydrogens (tertiary/aromatic N) is 3. The number of nitrogens with two attached hydrogens (primary N) is 1. The predicted molar refractivity (Wildman–Crippen MR) is 102 cm³/mol. The van der Waals surface area contributed by atoms with E-state index < -0.39 is 11.6 Å². The fourth-order valence-corrected chi connectivity index (χ4v) is 2.87. The van der Waals surface area contributed by atoms with E-state index in [1.165, 1.54) is 25.9 Å². The number of primary amides is 1. The second-order valence-corrected chi connectivity index (χ2v) is 6.30. The molecular formula is C18H21N5O5. The van der Waals surface area contributed by atoms with E-state index in [1.807, 2.05) is 13.8 Å². The zero-order valence-corrected chi connectivity index (χ0v) is 16.2. The molecule has 2 aromatic heterocycles. The van der Waals surface area contributed by atoms with Gasteiger partial charge in [-0.1, -0.05) is 13.8 Å². The van der Waals surface area contributed by atoms with Gasteiger partial charge in [-0.2, -0.15) is 0 Å². The number of ether oxygens (including phenoxy) is 3. The van der Waals surface area contributed by atoms with Crippen LogP contribution in [0.15, 0.2) is 16.9 Å². The average molecular weight is 387 g/mol. The molecule has 0 saturated heterocycles. The lowest BCUT2D eigenvalue weighted by molar-refractivity contribution is 0.0996. The van der Waals surface area contributed by atoms with Gasteiger partial charge in [-0.25, -0.2) is 19.3 Å². The van der Waals surface area contributed by atoms with Crippen LogP contribution in [-0.4, -0.2) is 46.8 Å². The van der Waals surface area contributed by atoms with Crippen molar-refractivity contribution in [3.63, 3.8) is 0 Å². The Morgan fingerprint density at radius 1 is 1.11 bits per heavy atom. The Labute approximate surface area is 160 Å². The fraction of sp³-hybridized carbons (Fsp3) is 0.333. The third-order valence-electron chi connectivity index (χ3n) is 4.21. The van der Waals surface area contributed by atoms with Gasteiger partial charge in [0.25, 0.3) is 5.91 Å². The first-order chi connectivity index (χ1) is 13.3. The molecule has 1 aromatic carbocycles. The summed E-state index contributed by atoms with van der Waals surface area (Å²) in [6, 6.07) is 3.22. The topological polar surface area (TPSA) is 134 Å². The van der Waals surface area contributed by atoms with Crippen LogP contribution >= 0.6 is 0 Å². The van der Waals surface area contributed by atoms with E-state index in [0.29, 0.717) is 28.8 Å². The van der Waals surface area contributed by atoms with Gasteiger partial charge in [-0.3, -0.25) is 4.79 Å². The summed E-state index contributed by atoms with van der Waals surface area (Å²) in [5.74, 6) is 0.671. The lowest BCUT2D eigenvalue weighted by Crippen LogP contribution is -2.17. The molecule has 0 saturated carbocycles. The Bertz CT molecular complexity index is 1090. The fourth-order valence-electron chi connectivity index (χ4n) is 2.87. The van der Waals surface area contributed by atoms with Crippen LogP contribution in [0.1, 0.15) is 36.1 Å². The number of H-pyrrole nitrogens is 1. The summed E-state index contributed by atoms with van der Waals surface area (Å²) >= 11 is 0. The number of hydrogen-bond acceptors (Lipinski definition) is 7. The maximum atomic E-state index is 12.7. The van der Waals surface area contributed by atoms with Crippen LogP contribution in [0.2, 0.25) is 0 Å². The minimum atomic E-state index is -0.757. The van der Waals surface area contributed by atoms with Crippen LogP contribution in [0.5, 0.6) is 17.2 Å². The zero-order valence-electron chi connectivity index (χ0n) is 16.2. The Morgan fingerprint density at radius 3 is 2.18 bits per heavy atom. The van der Waals surface area contributed by atoms with Crippen molar-refractivity contribution in [1.82, 2.24) is 19.5 Å². The molecule has 2 heterocycles. The molecule has 10 nitrogen and oxygen atoms in total. The first-order valence-corrected chi connectivity index (χ1v) is 8.45. The highest BCUT2D eigenvalue weighted by molar-refractivity contribution is 6.01. The summed E-state index contributed by atoms with van der Waals surface area (Å²) in [6.45, 7) is 3.75. The molecule has 0 aliphatic heterocycles. The number of nitrogens with one attached hydrogen (secondary N) is 1. The third-order valence-corrected chi connectivity index (χ3v) is 4.21. The average Bonchev–Trinajstić information content (AvgIpc) is 3.01. The van der Waals surface area contributed by atoms with E-state index in [0.717, 1.165) is 0 Å². The Morgan fingerprint density at radius 2 is 1.71 bits per heavy atom. The van der Waals surface area contributed by atoms with E-state index >= 15 is 0 Å². The molecule has 3 rings (SSSR count). The molecule has 0 spiro atoms. The van der Waals surface area contributed by atoms with Crippen molar-refractivity contribution in [2.75, 3.05) is 21.3 Å². The third kappa shape index (κ3) is 3.02. The number of methoxy groups -OCH3 is 3. The molecule has 28 heavy (non-hydrogen) atoms. The van der Waals surface area contributed by atoms with E-state index in [9.17, 15) is 9.59 Å². The maximum Gasteiger partial charge on any atom is 0.332 e. The van der Waals surface area contributed by atoms with E-state index in [2.05, 4.69) is 15.0 Å². The standard InChI is InChI=1S/C18H21N5O5/c1-8(2)16-20-12(15(19)24)13-17(22-16)23(18(25)21-13)9-6-10(26-3)14(28-5)11(7-9)27-4/h6-8H,1-5H3,(H2,19,24)(H,21,25). The van der Waals surface area contributed by atoms with Crippen LogP contribution < -0.4 is 25.6 Å². The highest BCUT2D eigenvalue weighted by Gasteiger charge is 2.22. The Balaban J connectivity index is 2.40.